The smallest absolute Gasteiger partial charge is 0.258 e. The molecule has 8 heteroatoms. The second-order valence-corrected chi connectivity index (χ2v) is 5.23. The maximum atomic E-state index is 13.4. The quantitative estimate of drug-likeness (QED) is 0.699. The van der Waals surface area contributed by atoms with Gasteiger partial charge in [0.25, 0.3) is 5.91 Å². The standard InChI is InChI=1S/C18H16FN3O4/c1-24-13-6-4-5-12(9-13)18-22-21-17(26-18)10-20-16(23)11-25-15-8-3-2-7-14(15)19/h2-9H,10-11H2,1H3,(H,20,23). The van der Waals surface area contributed by atoms with Crippen molar-refractivity contribution in [3.05, 3.63) is 60.2 Å². The first kappa shape index (κ1) is 17.4. The Balaban J connectivity index is 1.53. The summed E-state index contributed by atoms with van der Waals surface area (Å²) in [6, 6.07) is 13.0. The van der Waals surface area contributed by atoms with E-state index in [0.29, 0.717) is 17.2 Å². The summed E-state index contributed by atoms with van der Waals surface area (Å²) in [5, 5.41) is 10.4. The van der Waals surface area contributed by atoms with Crippen LogP contribution >= 0.6 is 0 Å². The van der Waals surface area contributed by atoms with Gasteiger partial charge in [-0.1, -0.05) is 18.2 Å². The van der Waals surface area contributed by atoms with E-state index in [9.17, 15) is 9.18 Å². The number of nitrogens with one attached hydrogen (secondary N) is 1. The maximum Gasteiger partial charge on any atom is 0.258 e. The number of carbonyl (C=O) groups is 1. The van der Waals surface area contributed by atoms with Crippen molar-refractivity contribution in [2.24, 2.45) is 0 Å². The summed E-state index contributed by atoms with van der Waals surface area (Å²) in [6.07, 6.45) is 0. The molecule has 1 aromatic heterocycles. The van der Waals surface area contributed by atoms with Crippen LogP contribution in [0.4, 0.5) is 4.39 Å². The Hall–Kier alpha value is -3.42. The largest absolute Gasteiger partial charge is 0.497 e. The number of nitrogens with zero attached hydrogens (tertiary/aromatic N) is 2. The van der Waals surface area contributed by atoms with Gasteiger partial charge in [0.1, 0.15) is 5.75 Å². The van der Waals surface area contributed by atoms with Crippen LogP contribution in [0.5, 0.6) is 11.5 Å². The van der Waals surface area contributed by atoms with Crippen molar-refractivity contribution in [2.75, 3.05) is 13.7 Å². The molecule has 0 aliphatic heterocycles. The lowest BCUT2D eigenvalue weighted by Gasteiger charge is -2.06. The zero-order valence-electron chi connectivity index (χ0n) is 13.9. The molecule has 26 heavy (non-hydrogen) atoms. The molecule has 134 valence electrons. The summed E-state index contributed by atoms with van der Waals surface area (Å²) in [5.74, 6) is 0.272. The number of halogens is 1. The van der Waals surface area contributed by atoms with E-state index in [1.165, 1.54) is 18.2 Å². The topological polar surface area (TPSA) is 86.5 Å². The Kier molecular flexibility index (Phi) is 5.43. The van der Waals surface area contributed by atoms with Gasteiger partial charge in [0.15, 0.2) is 18.2 Å². The molecule has 0 aliphatic rings. The van der Waals surface area contributed by atoms with Crippen molar-refractivity contribution in [2.45, 2.75) is 6.54 Å². The first-order valence-electron chi connectivity index (χ1n) is 7.76. The van der Waals surface area contributed by atoms with Crippen molar-refractivity contribution in [3.8, 4) is 23.0 Å². The van der Waals surface area contributed by atoms with Crippen LogP contribution in [0.2, 0.25) is 0 Å². The minimum atomic E-state index is -0.528. The van der Waals surface area contributed by atoms with Gasteiger partial charge in [0.05, 0.1) is 13.7 Å². The number of hydrogen-bond acceptors (Lipinski definition) is 6. The van der Waals surface area contributed by atoms with Crippen LogP contribution in [0.3, 0.4) is 0 Å². The van der Waals surface area contributed by atoms with Crippen LogP contribution in [0.15, 0.2) is 52.9 Å². The predicted octanol–water partition coefficient (Wildman–Crippen LogP) is 2.58. The lowest BCUT2D eigenvalue weighted by Crippen LogP contribution is -2.28. The van der Waals surface area contributed by atoms with Crippen molar-refractivity contribution in [1.29, 1.82) is 0 Å². The Labute approximate surface area is 148 Å². The second-order valence-electron chi connectivity index (χ2n) is 5.23. The number of hydrogen-bond donors (Lipinski definition) is 1. The van der Waals surface area contributed by atoms with Gasteiger partial charge in [-0.05, 0) is 30.3 Å². The van der Waals surface area contributed by atoms with E-state index in [4.69, 9.17) is 13.9 Å². The third-order valence-corrected chi connectivity index (χ3v) is 3.42. The normalized spacial score (nSPS) is 10.4. The van der Waals surface area contributed by atoms with Gasteiger partial charge in [-0.3, -0.25) is 4.79 Å². The second kappa shape index (κ2) is 8.11. The highest BCUT2D eigenvalue weighted by Crippen LogP contribution is 2.22. The molecule has 0 aliphatic carbocycles. The SMILES string of the molecule is COc1cccc(-c2nnc(CNC(=O)COc3ccccc3F)o2)c1. The molecule has 1 N–H and O–H groups in total. The van der Waals surface area contributed by atoms with Gasteiger partial charge in [-0.2, -0.15) is 0 Å². The van der Waals surface area contributed by atoms with Gasteiger partial charge in [-0.25, -0.2) is 4.39 Å². The molecule has 1 amide bonds. The van der Waals surface area contributed by atoms with E-state index in [-0.39, 0.29) is 24.8 Å². The van der Waals surface area contributed by atoms with Crippen LogP contribution < -0.4 is 14.8 Å². The molecule has 1 heterocycles. The average Bonchev–Trinajstić information content (AvgIpc) is 3.15. The molecule has 0 unspecified atom stereocenters. The third kappa shape index (κ3) is 4.35. The number of methoxy groups -OCH3 is 1. The third-order valence-electron chi connectivity index (χ3n) is 3.42. The molecule has 0 bridgehead atoms. The van der Waals surface area contributed by atoms with Crippen LogP contribution in [-0.4, -0.2) is 29.8 Å². The number of ether oxygens (including phenoxy) is 2. The zero-order chi connectivity index (χ0) is 18.4. The van der Waals surface area contributed by atoms with E-state index in [2.05, 4.69) is 15.5 Å². The van der Waals surface area contributed by atoms with E-state index in [1.807, 2.05) is 0 Å². The van der Waals surface area contributed by atoms with E-state index >= 15 is 0 Å². The van der Waals surface area contributed by atoms with Crippen LogP contribution in [-0.2, 0) is 11.3 Å². The first-order chi connectivity index (χ1) is 12.7. The van der Waals surface area contributed by atoms with Gasteiger partial charge in [-0.15, -0.1) is 10.2 Å². The van der Waals surface area contributed by atoms with Crippen molar-refractivity contribution >= 4 is 5.91 Å². The van der Waals surface area contributed by atoms with E-state index < -0.39 is 11.7 Å². The lowest BCUT2D eigenvalue weighted by molar-refractivity contribution is -0.123. The van der Waals surface area contributed by atoms with Crippen molar-refractivity contribution < 1.29 is 23.1 Å². The Bertz CT molecular complexity index is 897. The van der Waals surface area contributed by atoms with Crippen molar-refractivity contribution in [3.63, 3.8) is 0 Å². The summed E-state index contributed by atoms with van der Waals surface area (Å²) in [4.78, 5) is 11.8. The average molecular weight is 357 g/mol. The molecule has 3 rings (SSSR count). The van der Waals surface area contributed by atoms with E-state index in [0.717, 1.165) is 0 Å². The van der Waals surface area contributed by atoms with Crippen molar-refractivity contribution in [1.82, 2.24) is 15.5 Å². The summed E-state index contributed by atoms with van der Waals surface area (Å²) >= 11 is 0. The molecule has 0 spiro atoms. The lowest BCUT2D eigenvalue weighted by atomic mass is 10.2. The van der Waals surface area contributed by atoms with Crippen LogP contribution in [0, 0.1) is 5.82 Å². The Morgan fingerprint density at radius 1 is 1.19 bits per heavy atom. The van der Waals surface area contributed by atoms with Gasteiger partial charge >= 0.3 is 0 Å². The van der Waals surface area contributed by atoms with Gasteiger partial charge < -0.3 is 19.2 Å². The molecular formula is C18H16FN3O4. The molecule has 0 saturated carbocycles. The fourth-order valence-corrected chi connectivity index (χ4v) is 2.13. The molecule has 0 fully saturated rings. The van der Waals surface area contributed by atoms with E-state index in [1.54, 1.807) is 37.4 Å². The summed E-state index contributed by atoms with van der Waals surface area (Å²) in [6.45, 7) is -0.283. The molecular weight excluding hydrogens is 341 g/mol. The molecule has 0 atom stereocenters. The number of benzene rings is 2. The summed E-state index contributed by atoms with van der Waals surface area (Å²) < 4.78 is 29.2. The maximum absolute atomic E-state index is 13.4. The fraction of sp³-hybridized carbons (Fsp3) is 0.167. The number of amides is 1. The van der Waals surface area contributed by atoms with Gasteiger partial charge in [0.2, 0.25) is 11.8 Å². The number of para-hydroxylation sites is 1. The number of carbonyl (C=O) groups excluding carboxylic acids is 1. The minimum Gasteiger partial charge on any atom is -0.497 e. The molecule has 7 nitrogen and oxygen atoms in total. The highest BCUT2D eigenvalue weighted by Gasteiger charge is 2.11. The minimum absolute atomic E-state index is 0.0146. The molecule has 3 aromatic rings. The van der Waals surface area contributed by atoms with Crippen LogP contribution in [0.25, 0.3) is 11.5 Å². The summed E-state index contributed by atoms with van der Waals surface area (Å²) in [7, 11) is 1.57. The highest BCUT2D eigenvalue weighted by atomic mass is 19.1. The zero-order valence-corrected chi connectivity index (χ0v) is 13.9. The highest BCUT2D eigenvalue weighted by molar-refractivity contribution is 5.77. The monoisotopic (exact) mass is 357 g/mol. The Morgan fingerprint density at radius 2 is 2.04 bits per heavy atom. The van der Waals surface area contributed by atoms with Gasteiger partial charge in [0, 0.05) is 5.56 Å². The number of rotatable bonds is 7. The Morgan fingerprint density at radius 3 is 2.85 bits per heavy atom. The summed E-state index contributed by atoms with van der Waals surface area (Å²) in [5.41, 5.74) is 0.706. The first-order valence-corrected chi connectivity index (χ1v) is 7.76. The fourth-order valence-electron chi connectivity index (χ4n) is 2.13. The predicted molar refractivity (Wildman–Crippen MR) is 90.0 cm³/mol. The molecule has 0 radical (unpaired) electrons. The number of aromatic nitrogens is 2. The molecule has 2 aromatic carbocycles. The molecule has 0 saturated heterocycles. The van der Waals surface area contributed by atoms with Crippen LogP contribution in [0.1, 0.15) is 5.89 Å².